The molecule has 0 bridgehead atoms. The van der Waals surface area contributed by atoms with Crippen molar-refractivity contribution in [2.75, 3.05) is 0 Å². The summed E-state index contributed by atoms with van der Waals surface area (Å²) >= 11 is 0. The summed E-state index contributed by atoms with van der Waals surface area (Å²) < 4.78 is 56.4. The number of hydrogen-bond donors (Lipinski definition) is 0. The van der Waals surface area contributed by atoms with E-state index >= 15 is 0 Å². The number of ether oxygens (including phenoxy) is 1. The molecule has 0 aliphatic carbocycles. The Bertz CT molecular complexity index is 763. The van der Waals surface area contributed by atoms with Crippen LogP contribution in [0.4, 0.5) is 17.6 Å². The Morgan fingerprint density at radius 1 is 0.966 bits per heavy atom. The van der Waals surface area contributed by atoms with E-state index in [1.165, 1.54) is 55.8 Å². The average Bonchev–Trinajstić information content (AvgIpc) is 2.71. The van der Waals surface area contributed by atoms with Crippen molar-refractivity contribution in [2.45, 2.75) is 69.7 Å². The SMILES string of the molecule is CCCCC[Si]1CCC(c2ccc(-c3cc(F)c(OC(F)F)c(F)c3)cc2)CC1. The Kier molecular flexibility index (Phi) is 7.75. The van der Waals surface area contributed by atoms with Gasteiger partial charge in [-0.1, -0.05) is 68.6 Å². The number of rotatable bonds is 8. The summed E-state index contributed by atoms with van der Waals surface area (Å²) in [4.78, 5) is 0. The molecule has 157 valence electrons. The van der Waals surface area contributed by atoms with Crippen LogP contribution in [0.25, 0.3) is 11.1 Å². The minimum atomic E-state index is -3.27. The monoisotopic (exact) mass is 423 g/mol. The molecule has 0 N–H and O–H groups in total. The summed E-state index contributed by atoms with van der Waals surface area (Å²) in [6, 6.07) is 14.0. The zero-order chi connectivity index (χ0) is 20.8. The van der Waals surface area contributed by atoms with Crippen molar-refractivity contribution in [2.24, 2.45) is 0 Å². The van der Waals surface area contributed by atoms with Crippen LogP contribution in [0, 0.1) is 11.6 Å². The predicted octanol–water partition coefficient (Wildman–Crippen LogP) is 7.80. The Hall–Kier alpha value is -1.82. The third-order valence-electron chi connectivity index (χ3n) is 5.75. The van der Waals surface area contributed by atoms with Gasteiger partial charge < -0.3 is 4.74 Å². The van der Waals surface area contributed by atoms with Crippen LogP contribution < -0.4 is 4.74 Å². The molecule has 1 aliphatic heterocycles. The van der Waals surface area contributed by atoms with Gasteiger partial charge in [0.1, 0.15) is 0 Å². The van der Waals surface area contributed by atoms with Crippen LogP contribution in [-0.4, -0.2) is 15.4 Å². The van der Waals surface area contributed by atoms with Crippen LogP contribution >= 0.6 is 0 Å². The van der Waals surface area contributed by atoms with Crippen LogP contribution in [0.1, 0.15) is 50.5 Å². The highest BCUT2D eigenvalue weighted by atomic mass is 28.3. The van der Waals surface area contributed by atoms with Crippen LogP contribution in [0.2, 0.25) is 18.1 Å². The van der Waals surface area contributed by atoms with Crippen molar-refractivity contribution in [3.63, 3.8) is 0 Å². The smallest absolute Gasteiger partial charge is 0.387 e. The molecule has 0 aromatic heterocycles. The number of halogens is 4. The standard InChI is InChI=1S/C23H27F4OSi/c1-2-3-4-11-29-12-9-18(10-13-29)16-5-7-17(8-6-16)19-14-20(24)22(21(25)15-19)28-23(26)27/h5-8,14-15,18,23H,2-4,9-13H2,1H3. The van der Waals surface area contributed by atoms with E-state index in [4.69, 9.17) is 0 Å². The van der Waals surface area contributed by atoms with Gasteiger partial charge in [0.25, 0.3) is 0 Å². The number of alkyl halides is 2. The number of unbranched alkanes of at least 4 members (excludes halogenated alkanes) is 2. The first-order valence-corrected chi connectivity index (χ1v) is 12.5. The van der Waals surface area contributed by atoms with Crippen LogP contribution in [0.15, 0.2) is 36.4 Å². The molecule has 1 fully saturated rings. The number of hydrogen-bond acceptors (Lipinski definition) is 1. The molecule has 0 unspecified atom stereocenters. The summed E-state index contributed by atoms with van der Waals surface area (Å²) in [5.74, 6) is -2.75. The second kappa shape index (κ2) is 10.3. The molecule has 0 saturated carbocycles. The first kappa shape index (κ1) is 21.9. The molecule has 0 atom stereocenters. The lowest BCUT2D eigenvalue weighted by atomic mass is 9.92. The molecule has 2 aromatic rings. The molecule has 1 radical (unpaired) electrons. The summed E-state index contributed by atoms with van der Waals surface area (Å²) in [5.41, 5.74) is 2.22. The van der Waals surface area contributed by atoms with E-state index in [-0.39, 0.29) is 8.80 Å². The molecule has 2 aromatic carbocycles. The fraction of sp³-hybridized carbons (Fsp3) is 0.478. The molecular formula is C23H27F4OSi. The Balaban J connectivity index is 1.64. The summed E-state index contributed by atoms with van der Waals surface area (Å²) in [6.45, 7) is -1.03. The average molecular weight is 424 g/mol. The van der Waals surface area contributed by atoms with Gasteiger partial charge in [0.05, 0.1) is 0 Å². The molecule has 0 amide bonds. The van der Waals surface area contributed by atoms with E-state index in [1.807, 2.05) is 24.3 Å². The lowest BCUT2D eigenvalue weighted by Crippen LogP contribution is -2.20. The van der Waals surface area contributed by atoms with E-state index in [0.717, 1.165) is 12.1 Å². The van der Waals surface area contributed by atoms with Crippen LogP contribution in [0.3, 0.4) is 0 Å². The number of benzene rings is 2. The Morgan fingerprint density at radius 2 is 1.59 bits per heavy atom. The lowest BCUT2D eigenvalue weighted by molar-refractivity contribution is -0.0546. The minimum absolute atomic E-state index is 0.181. The van der Waals surface area contributed by atoms with Gasteiger partial charge in [-0.15, -0.1) is 0 Å². The van der Waals surface area contributed by atoms with Crippen molar-refractivity contribution in [3.8, 4) is 16.9 Å². The third-order valence-corrected chi connectivity index (χ3v) is 8.80. The quantitative estimate of drug-likeness (QED) is 0.239. The van der Waals surface area contributed by atoms with Crippen molar-refractivity contribution < 1.29 is 22.3 Å². The molecule has 6 heteroatoms. The van der Waals surface area contributed by atoms with E-state index in [0.29, 0.717) is 17.0 Å². The van der Waals surface area contributed by atoms with Gasteiger partial charge in [0.2, 0.25) is 0 Å². The maximum atomic E-state index is 14.0. The fourth-order valence-corrected chi connectivity index (χ4v) is 7.12. The second-order valence-electron chi connectivity index (χ2n) is 7.75. The summed E-state index contributed by atoms with van der Waals surface area (Å²) in [7, 11) is -0.181. The second-order valence-corrected chi connectivity index (χ2v) is 10.8. The third kappa shape index (κ3) is 5.84. The van der Waals surface area contributed by atoms with Gasteiger partial charge in [-0.3, -0.25) is 0 Å². The van der Waals surface area contributed by atoms with Gasteiger partial charge in [-0.25, -0.2) is 8.78 Å². The van der Waals surface area contributed by atoms with Crippen LogP contribution in [-0.2, 0) is 0 Å². The van der Waals surface area contributed by atoms with E-state index in [2.05, 4.69) is 11.7 Å². The van der Waals surface area contributed by atoms with Gasteiger partial charge in [0, 0.05) is 8.80 Å². The van der Waals surface area contributed by atoms with Gasteiger partial charge in [-0.2, -0.15) is 8.78 Å². The first-order chi connectivity index (χ1) is 14.0. The van der Waals surface area contributed by atoms with Gasteiger partial charge in [0.15, 0.2) is 17.4 Å². The van der Waals surface area contributed by atoms with Crippen LogP contribution in [0.5, 0.6) is 5.75 Å². The zero-order valence-electron chi connectivity index (χ0n) is 16.7. The lowest BCUT2D eigenvalue weighted by Gasteiger charge is -2.28. The highest BCUT2D eigenvalue weighted by molar-refractivity contribution is 6.59. The molecule has 0 spiro atoms. The normalized spacial score (nSPS) is 15.8. The van der Waals surface area contributed by atoms with Crippen molar-refractivity contribution >= 4 is 8.80 Å². The maximum Gasteiger partial charge on any atom is 0.387 e. The molecule has 1 saturated heterocycles. The predicted molar refractivity (Wildman–Crippen MR) is 110 cm³/mol. The first-order valence-electron chi connectivity index (χ1n) is 10.4. The molecule has 3 rings (SSSR count). The minimum Gasteiger partial charge on any atom is -0.429 e. The zero-order valence-corrected chi connectivity index (χ0v) is 17.7. The topological polar surface area (TPSA) is 9.23 Å². The van der Waals surface area contributed by atoms with Gasteiger partial charge >= 0.3 is 6.61 Å². The molecule has 29 heavy (non-hydrogen) atoms. The Labute approximate surface area is 171 Å². The molecule has 1 aliphatic rings. The largest absolute Gasteiger partial charge is 0.429 e. The molecular weight excluding hydrogens is 396 g/mol. The Morgan fingerprint density at radius 3 is 2.14 bits per heavy atom. The van der Waals surface area contributed by atoms with Crippen molar-refractivity contribution in [3.05, 3.63) is 53.6 Å². The maximum absolute atomic E-state index is 14.0. The van der Waals surface area contributed by atoms with Crippen molar-refractivity contribution in [1.29, 1.82) is 0 Å². The van der Waals surface area contributed by atoms with Crippen molar-refractivity contribution in [1.82, 2.24) is 0 Å². The highest BCUT2D eigenvalue weighted by Crippen LogP contribution is 2.36. The van der Waals surface area contributed by atoms with E-state index < -0.39 is 24.0 Å². The summed E-state index contributed by atoms with van der Waals surface area (Å²) in [6.07, 6.45) is 6.44. The van der Waals surface area contributed by atoms with E-state index in [1.54, 1.807) is 0 Å². The highest BCUT2D eigenvalue weighted by Gasteiger charge is 2.23. The summed E-state index contributed by atoms with van der Waals surface area (Å²) in [5, 5.41) is 0. The fourth-order valence-electron chi connectivity index (χ4n) is 4.11. The molecule has 1 nitrogen and oxygen atoms in total. The molecule has 1 heterocycles. The van der Waals surface area contributed by atoms with E-state index in [9.17, 15) is 17.6 Å². The van der Waals surface area contributed by atoms with Gasteiger partial charge in [-0.05, 0) is 47.6 Å².